The first-order valence-electron chi connectivity index (χ1n) is 5.88. The molecule has 0 aliphatic carbocycles. The number of nitrogens with zero attached hydrogens (tertiary/aromatic N) is 3. The monoisotopic (exact) mass is 278 g/mol. The molecule has 0 aromatic heterocycles. The third-order valence-electron chi connectivity index (χ3n) is 2.78. The van der Waals surface area contributed by atoms with Gasteiger partial charge < -0.3 is 15.1 Å². The minimum atomic E-state index is 0. The molecule has 1 aliphatic heterocycles. The lowest BCUT2D eigenvalue weighted by Crippen LogP contribution is -2.49. The first kappa shape index (κ1) is 17.2. The Bertz CT molecular complexity index is 280. The van der Waals surface area contributed by atoms with Crippen LogP contribution in [0.5, 0.6) is 0 Å². The summed E-state index contributed by atoms with van der Waals surface area (Å²) in [6, 6.07) is 0. The number of nitrogens with one attached hydrogen (secondary N) is 1. The molecule has 0 aromatic rings. The van der Waals surface area contributed by atoms with E-state index in [0.717, 1.165) is 26.2 Å². The number of carbonyl (C=O) groups excluding carboxylic acids is 2. The van der Waals surface area contributed by atoms with Gasteiger partial charge in [-0.05, 0) is 7.05 Å². The van der Waals surface area contributed by atoms with Gasteiger partial charge in [0.2, 0.25) is 11.8 Å². The van der Waals surface area contributed by atoms with Crippen LogP contribution in [0.4, 0.5) is 0 Å². The second-order valence-corrected chi connectivity index (χ2v) is 4.59. The van der Waals surface area contributed by atoms with Gasteiger partial charge in [0.1, 0.15) is 0 Å². The molecule has 7 heteroatoms. The van der Waals surface area contributed by atoms with Gasteiger partial charge in [-0.2, -0.15) is 0 Å². The minimum absolute atomic E-state index is 0. The molecule has 0 atom stereocenters. The van der Waals surface area contributed by atoms with Crippen molar-refractivity contribution in [1.82, 2.24) is 20.0 Å². The zero-order chi connectivity index (χ0) is 12.8. The lowest BCUT2D eigenvalue weighted by molar-refractivity contribution is -0.134. The molecule has 6 nitrogen and oxygen atoms in total. The fourth-order valence-electron chi connectivity index (χ4n) is 1.67. The van der Waals surface area contributed by atoms with Gasteiger partial charge in [0.05, 0.1) is 13.1 Å². The highest BCUT2D eigenvalue weighted by Gasteiger charge is 2.18. The molecule has 0 saturated carbocycles. The van der Waals surface area contributed by atoms with Crippen LogP contribution in [-0.4, -0.2) is 86.9 Å². The van der Waals surface area contributed by atoms with Gasteiger partial charge in [0, 0.05) is 40.3 Å². The van der Waals surface area contributed by atoms with Gasteiger partial charge in [-0.1, -0.05) is 0 Å². The van der Waals surface area contributed by atoms with E-state index in [9.17, 15) is 9.59 Å². The van der Waals surface area contributed by atoms with E-state index in [4.69, 9.17) is 0 Å². The highest BCUT2D eigenvalue weighted by molar-refractivity contribution is 5.85. The predicted octanol–water partition coefficient (Wildman–Crippen LogP) is -1.14. The summed E-state index contributed by atoms with van der Waals surface area (Å²) >= 11 is 0. The van der Waals surface area contributed by atoms with Crippen LogP contribution in [0, 0.1) is 0 Å². The van der Waals surface area contributed by atoms with E-state index in [-0.39, 0.29) is 30.8 Å². The third-order valence-corrected chi connectivity index (χ3v) is 2.78. The molecule has 0 radical (unpaired) electrons. The highest BCUT2D eigenvalue weighted by atomic mass is 35.5. The predicted molar refractivity (Wildman–Crippen MR) is 72.9 cm³/mol. The number of likely N-dealkylation sites (N-methyl/N-ethyl adjacent to an activating group) is 2. The molecule has 0 unspecified atom stereocenters. The summed E-state index contributed by atoms with van der Waals surface area (Å²) in [5, 5.41) is 3.20. The maximum Gasteiger partial charge on any atom is 0.236 e. The van der Waals surface area contributed by atoms with Crippen LogP contribution in [0.3, 0.4) is 0 Å². The van der Waals surface area contributed by atoms with Gasteiger partial charge in [-0.25, -0.2) is 0 Å². The van der Waals surface area contributed by atoms with Crippen molar-refractivity contribution in [3.63, 3.8) is 0 Å². The first-order valence-corrected chi connectivity index (χ1v) is 5.88. The number of hydrogen-bond donors (Lipinski definition) is 1. The Morgan fingerprint density at radius 3 is 2.17 bits per heavy atom. The van der Waals surface area contributed by atoms with Crippen LogP contribution >= 0.6 is 12.4 Å². The standard InChI is InChI=1S/C11H22N4O2.ClH/c1-13(2)10(16)8-14(3)9-11(17)15-6-4-12-5-7-15;/h12H,4-9H2,1-3H3;1H. The fourth-order valence-corrected chi connectivity index (χ4v) is 1.67. The van der Waals surface area contributed by atoms with Gasteiger partial charge in [0.15, 0.2) is 0 Å². The molecule has 0 spiro atoms. The van der Waals surface area contributed by atoms with E-state index in [1.54, 1.807) is 26.0 Å². The Balaban J connectivity index is 0.00000289. The Labute approximate surface area is 115 Å². The van der Waals surface area contributed by atoms with Gasteiger partial charge in [0.25, 0.3) is 0 Å². The fraction of sp³-hybridized carbons (Fsp3) is 0.818. The first-order chi connectivity index (χ1) is 8.00. The van der Waals surface area contributed by atoms with Crippen molar-refractivity contribution < 1.29 is 9.59 Å². The van der Waals surface area contributed by atoms with Crippen molar-refractivity contribution in [3.8, 4) is 0 Å². The third kappa shape index (κ3) is 5.66. The molecule has 1 saturated heterocycles. The van der Waals surface area contributed by atoms with Crippen LogP contribution in [0.25, 0.3) is 0 Å². The quantitative estimate of drug-likeness (QED) is 0.706. The van der Waals surface area contributed by atoms with Crippen LogP contribution in [-0.2, 0) is 9.59 Å². The molecule has 18 heavy (non-hydrogen) atoms. The van der Waals surface area contributed by atoms with E-state index in [1.165, 1.54) is 4.90 Å². The minimum Gasteiger partial charge on any atom is -0.348 e. The van der Waals surface area contributed by atoms with Crippen molar-refractivity contribution in [2.45, 2.75) is 0 Å². The molecule has 1 aliphatic rings. The van der Waals surface area contributed by atoms with Crippen molar-refractivity contribution in [1.29, 1.82) is 0 Å². The molecule has 1 heterocycles. The van der Waals surface area contributed by atoms with Gasteiger partial charge in [-0.15, -0.1) is 12.4 Å². The number of piperazine rings is 1. The normalized spacial score (nSPS) is 15.2. The maximum atomic E-state index is 11.9. The summed E-state index contributed by atoms with van der Waals surface area (Å²) in [6.07, 6.45) is 0. The smallest absolute Gasteiger partial charge is 0.236 e. The number of rotatable bonds is 4. The summed E-state index contributed by atoms with van der Waals surface area (Å²) < 4.78 is 0. The van der Waals surface area contributed by atoms with Crippen molar-refractivity contribution in [2.75, 3.05) is 60.4 Å². The summed E-state index contributed by atoms with van der Waals surface area (Å²) in [5.41, 5.74) is 0. The molecule has 106 valence electrons. The lowest BCUT2D eigenvalue weighted by Gasteiger charge is -2.29. The Kier molecular flexibility index (Phi) is 7.90. The Morgan fingerprint density at radius 2 is 1.67 bits per heavy atom. The molecule has 0 aromatic carbocycles. The van der Waals surface area contributed by atoms with Crippen molar-refractivity contribution in [3.05, 3.63) is 0 Å². The van der Waals surface area contributed by atoms with Gasteiger partial charge in [-0.3, -0.25) is 14.5 Å². The number of amides is 2. The molecule has 1 rings (SSSR count). The summed E-state index contributed by atoms with van der Waals surface area (Å²) in [7, 11) is 5.23. The van der Waals surface area contributed by atoms with Crippen LogP contribution in [0.15, 0.2) is 0 Å². The lowest BCUT2D eigenvalue weighted by atomic mass is 10.3. The Morgan fingerprint density at radius 1 is 1.11 bits per heavy atom. The van der Waals surface area contributed by atoms with E-state index in [0.29, 0.717) is 6.54 Å². The van der Waals surface area contributed by atoms with E-state index in [2.05, 4.69) is 5.32 Å². The SMILES string of the molecule is CN(CC(=O)N(C)C)CC(=O)N1CCNCC1.Cl. The molecule has 1 fully saturated rings. The molecular weight excluding hydrogens is 256 g/mol. The number of carbonyl (C=O) groups is 2. The van der Waals surface area contributed by atoms with Crippen LogP contribution in [0.2, 0.25) is 0 Å². The average molecular weight is 279 g/mol. The largest absolute Gasteiger partial charge is 0.348 e. The molecule has 0 bridgehead atoms. The van der Waals surface area contributed by atoms with Crippen molar-refractivity contribution in [2.24, 2.45) is 0 Å². The molecule has 1 N–H and O–H groups in total. The summed E-state index contributed by atoms with van der Waals surface area (Å²) in [6.45, 7) is 3.81. The average Bonchev–Trinajstić information content (AvgIpc) is 2.29. The van der Waals surface area contributed by atoms with Crippen molar-refractivity contribution >= 4 is 24.2 Å². The highest BCUT2D eigenvalue weighted by Crippen LogP contribution is 1.96. The summed E-state index contributed by atoms with van der Waals surface area (Å²) in [5.74, 6) is 0.112. The Hall–Kier alpha value is -0.850. The zero-order valence-corrected chi connectivity index (χ0v) is 12.1. The zero-order valence-electron chi connectivity index (χ0n) is 11.3. The van der Waals surface area contributed by atoms with Gasteiger partial charge >= 0.3 is 0 Å². The summed E-state index contributed by atoms with van der Waals surface area (Å²) in [4.78, 5) is 28.5. The molecular formula is C11H23ClN4O2. The van der Waals surface area contributed by atoms with E-state index < -0.39 is 0 Å². The second kappa shape index (κ2) is 8.29. The second-order valence-electron chi connectivity index (χ2n) is 4.59. The maximum absolute atomic E-state index is 11.9. The van der Waals surface area contributed by atoms with E-state index >= 15 is 0 Å². The molecule has 2 amide bonds. The number of hydrogen-bond acceptors (Lipinski definition) is 4. The topological polar surface area (TPSA) is 55.9 Å². The van der Waals surface area contributed by atoms with Crippen LogP contribution in [0.1, 0.15) is 0 Å². The van der Waals surface area contributed by atoms with Crippen LogP contribution < -0.4 is 5.32 Å². The number of halogens is 1. The van der Waals surface area contributed by atoms with E-state index in [1.807, 2.05) is 4.90 Å².